The zero-order valence-corrected chi connectivity index (χ0v) is 10.4. The zero-order chi connectivity index (χ0) is 13.9. The van der Waals surface area contributed by atoms with Crippen LogP contribution in [0.5, 0.6) is 0 Å². The quantitative estimate of drug-likeness (QED) is 0.784. The zero-order valence-electron chi connectivity index (χ0n) is 10.4. The Morgan fingerprint density at radius 3 is 2.44 bits per heavy atom. The molecule has 1 rings (SSSR count). The Bertz CT molecular complexity index is 455. The monoisotopic (exact) mass is 261 g/mol. The van der Waals surface area contributed by atoms with Gasteiger partial charge in [0.2, 0.25) is 0 Å². The topological polar surface area (TPSA) is 39.2 Å². The van der Waals surface area contributed by atoms with E-state index in [0.717, 1.165) is 6.07 Å². The molecule has 0 atom stereocenters. The number of pyridine rings is 1. The van der Waals surface area contributed by atoms with Crippen LogP contribution in [0.2, 0.25) is 0 Å². The molecule has 1 aromatic rings. The van der Waals surface area contributed by atoms with Crippen molar-refractivity contribution in [2.45, 2.75) is 33.4 Å². The molecule has 1 aromatic heterocycles. The number of carbonyl (C=O) groups excluding carboxylic acids is 1. The van der Waals surface area contributed by atoms with E-state index in [1.54, 1.807) is 13.8 Å². The van der Waals surface area contributed by atoms with Crippen LogP contribution in [0.25, 0.3) is 0 Å². The Hall–Kier alpha value is -1.59. The summed E-state index contributed by atoms with van der Waals surface area (Å²) in [5.41, 5.74) is -0.509. The standard InChI is InChI=1S/C12H14F3NO2/c1-4-8-6-9(12(13,14)15)16-7(3)10(8)11(17)18-5-2/h6H,4-5H2,1-3H3. The van der Waals surface area contributed by atoms with Crippen molar-refractivity contribution >= 4 is 5.97 Å². The summed E-state index contributed by atoms with van der Waals surface area (Å²) < 4.78 is 42.6. The molecule has 18 heavy (non-hydrogen) atoms. The number of alkyl halides is 3. The number of aromatic nitrogens is 1. The van der Waals surface area contributed by atoms with Crippen molar-refractivity contribution < 1.29 is 22.7 Å². The van der Waals surface area contributed by atoms with Crippen LogP contribution in [0.4, 0.5) is 13.2 Å². The van der Waals surface area contributed by atoms with Gasteiger partial charge in [-0.2, -0.15) is 13.2 Å². The van der Waals surface area contributed by atoms with Gasteiger partial charge in [-0.1, -0.05) is 6.92 Å². The highest BCUT2D eigenvalue weighted by Gasteiger charge is 2.34. The molecule has 0 radical (unpaired) electrons. The maximum absolute atomic E-state index is 12.6. The van der Waals surface area contributed by atoms with E-state index in [4.69, 9.17) is 4.74 Å². The first kappa shape index (κ1) is 14.5. The van der Waals surface area contributed by atoms with E-state index in [-0.39, 0.29) is 17.9 Å². The minimum Gasteiger partial charge on any atom is -0.462 e. The average molecular weight is 261 g/mol. The third-order valence-electron chi connectivity index (χ3n) is 2.43. The van der Waals surface area contributed by atoms with Crippen molar-refractivity contribution in [3.05, 3.63) is 28.6 Å². The molecule has 0 N–H and O–H groups in total. The molecular weight excluding hydrogens is 247 g/mol. The molecule has 3 nitrogen and oxygen atoms in total. The predicted molar refractivity (Wildman–Crippen MR) is 59.3 cm³/mol. The Labute approximate surface area is 103 Å². The fraction of sp³-hybridized carbons (Fsp3) is 0.500. The highest BCUT2D eigenvalue weighted by Crippen LogP contribution is 2.30. The van der Waals surface area contributed by atoms with Gasteiger partial charge in [0, 0.05) is 0 Å². The van der Waals surface area contributed by atoms with Gasteiger partial charge in [-0.3, -0.25) is 0 Å². The van der Waals surface area contributed by atoms with Crippen molar-refractivity contribution in [3.8, 4) is 0 Å². The van der Waals surface area contributed by atoms with Gasteiger partial charge in [-0.05, 0) is 31.9 Å². The molecule has 0 spiro atoms. The maximum atomic E-state index is 12.6. The third-order valence-corrected chi connectivity index (χ3v) is 2.43. The summed E-state index contributed by atoms with van der Waals surface area (Å²) in [4.78, 5) is 15.1. The summed E-state index contributed by atoms with van der Waals surface area (Å²) in [5, 5.41) is 0. The Morgan fingerprint density at radius 1 is 1.39 bits per heavy atom. The van der Waals surface area contributed by atoms with Crippen LogP contribution >= 0.6 is 0 Å². The second-order valence-electron chi connectivity index (χ2n) is 3.70. The van der Waals surface area contributed by atoms with Crippen LogP contribution in [0, 0.1) is 6.92 Å². The van der Waals surface area contributed by atoms with Crippen LogP contribution in [0.1, 0.15) is 41.2 Å². The lowest BCUT2D eigenvalue weighted by Gasteiger charge is -2.13. The van der Waals surface area contributed by atoms with Crippen LogP contribution in [-0.4, -0.2) is 17.6 Å². The molecule has 0 aromatic carbocycles. The summed E-state index contributed by atoms with van der Waals surface area (Å²) in [7, 11) is 0. The van der Waals surface area contributed by atoms with E-state index in [2.05, 4.69) is 4.98 Å². The second kappa shape index (κ2) is 5.37. The van der Waals surface area contributed by atoms with E-state index in [0.29, 0.717) is 12.0 Å². The molecule has 0 saturated carbocycles. The number of nitrogens with zero attached hydrogens (tertiary/aromatic N) is 1. The lowest BCUT2D eigenvalue weighted by atomic mass is 10.0. The summed E-state index contributed by atoms with van der Waals surface area (Å²) in [5.74, 6) is -0.631. The van der Waals surface area contributed by atoms with Crippen molar-refractivity contribution in [2.75, 3.05) is 6.61 Å². The summed E-state index contributed by atoms with van der Waals surface area (Å²) in [6.45, 7) is 4.86. The van der Waals surface area contributed by atoms with Crippen LogP contribution in [0.15, 0.2) is 6.07 Å². The first-order valence-corrected chi connectivity index (χ1v) is 5.56. The predicted octanol–water partition coefficient (Wildman–Crippen LogP) is 3.15. The second-order valence-corrected chi connectivity index (χ2v) is 3.70. The van der Waals surface area contributed by atoms with E-state index in [9.17, 15) is 18.0 Å². The van der Waals surface area contributed by atoms with Gasteiger partial charge in [-0.15, -0.1) is 0 Å². The first-order chi connectivity index (χ1) is 8.31. The van der Waals surface area contributed by atoms with Crippen molar-refractivity contribution in [2.24, 2.45) is 0 Å². The van der Waals surface area contributed by atoms with E-state index >= 15 is 0 Å². The van der Waals surface area contributed by atoms with Gasteiger partial charge in [0.1, 0.15) is 5.69 Å². The molecule has 0 aliphatic heterocycles. The van der Waals surface area contributed by atoms with Crippen molar-refractivity contribution in [1.82, 2.24) is 4.98 Å². The lowest BCUT2D eigenvalue weighted by Crippen LogP contribution is -2.16. The minimum absolute atomic E-state index is 0.0418. The number of hydrogen-bond donors (Lipinski definition) is 0. The lowest BCUT2D eigenvalue weighted by molar-refractivity contribution is -0.141. The molecule has 1 heterocycles. The Balaban J connectivity index is 3.33. The van der Waals surface area contributed by atoms with E-state index in [1.165, 1.54) is 6.92 Å². The third kappa shape index (κ3) is 3.00. The molecular formula is C12H14F3NO2. The number of esters is 1. The van der Waals surface area contributed by atoms with Crippen molar-refractivity contribution in [3.63, 3.8) is 0 Å². The van der Waals surface area contributed by atoms with Gasteiger partial charge in [0.25, 0.3) is 0 Å². The molecule has 0 saturated heterocycles. The highest BCUT2D eigenvalue weighted by molar-refractivity contribution is 5.92. The molecule has 0 fully saturated rings. The van der Waals surface area contributed by atoms with Crippen molar-refractivity contribution in [1.29, 1.82) is 0 Å². The Kier molecular flexibility index (Phi) is 4.32. The average Bonchev–Trinajstić information content (AvgIpc) is 2.26. The minimum atomic E-state index is -4.51. The Morgan fingerprint density at radius 2 is 2.00 bits per heavy atom. The number of halogens is 3. The summed E-state index contributed by atoms with van der Waals surface area (Å²) in [6.07, 6.45) is -4.21. The number of hydrogen-bond acceptors (Lipinski definition) is 3. The number of aryl methyl sites for hydroxylation is 2. The largest absolute Gasteiger partial charge is 0.462 e. The highest BCUT2D eigenvalue weighted by atomic mass is 19.4. The van der Waals surface area contributed by atoms with Gasteiger partial charge in [0.05, 0.1) is 17.9 Å². The number of carbonyl (C=O) groups is 1. The maximum Gasteiger partial charge on any atom is 0.433 e. The molecule has 0 aliphatic rings. The van der Waals surface area contributed by atoms with Crippen LogP contribution in [-0.2, 0) is 17.3 Å². The van der Waals surface area contributed by atoms with Gasteiger partial charge >= 0.3 is 12.1 Å². The normalized spacial score (nSPS) is 11.4. The molecule has 6 heteroatoms. The molecule has 0 unspecified atom stereocenters. The van der Waals surface area contributed by atoms with Gasteiger partial charge in [-0.25, -0.2) is 9.78 Å². The number of rotatable bonds is 3. The summed E-state index contributed by atoms with van der Waals surface area (Å²) in [6, 6.07) is 0.902. The first-order valence-electron chi connectivity index (χ1n) is 5.56. The molecule has 0 amide bonds. The molecule has 0 aliphatic carbocycles. The fourth-order valence-electron chi connectivity index (χ4n) is 1.64. The van der Waals surface area contributed by atoms with Gasteiger partial charge < -0.3 is 4.74 Å². The SMILES string of the molecule is CCOC(=O)c1c(CC)cc(C(F)(F)F)nc1C. The van der Waals surface area contributed by atoms with Crippen LogP contribution in [0.3, 0.4) is 0 Å². The van der Waals surface area contributed by atoms with E-state index in [1.807, 2.05) is 0 Å². The molecule has 100 valence electrons. The van der Waals surface area contributed by atoms with Gasteiger partial charge in [0.15, 0.2) is 0 Å². The van der Waals surface area contributed by atoms with E-state index < -0.39 is 17.8 Å². The van der Waals surface area contributed by atoms with Crippen LogP contribution < -0.4 is 0 Å². The summed E-state index contributed by atoms with van der Waals surface area (Å²) >= 11 is 0. The number of ether oxygens (including phenoxy) is 1. The fourth-order valence-corrected chi connectivity index (χ4v) is 1.64. The molecule has 0 bridgehead atoms. The smallest absolute Gasteiger partial charge is 0.433 e.